The van der Waals surface area contributed by atoms with Crippen LogP contribution in [0.3, 0.4) is 0 Å². The van der Waals surface area contributed by atoms with Crippen molar-refractivity contribution in [2.75, 3.05) is 11.9 Å². The average Bonchev–Trinajstić information content (AvgIpc) is 3.14. The molecule has 0 atom stereocenters. The molecule has 1 aliphatic rings. The summed E-state index contributed by atoms with van der Waals surface area (Å²) in [4.78, 5) is 4.32. The van der Waals surface area contributed by atoms with Gasteiger partial charge in [0.25, 0.3) is 0 Å². The van der Waals surface area contributed by atoms with E-state index in [9.17, 15) is 0 Å². The smallest absolute Gasteiger partial charge is 0.230 e. The zero-order chi connectivity index (χ0) is 15.6. The number of ether oxygens (including phenoxy) is 1. The maximum atomic E-state index is 5.42. The molecule has 0 radical (unpaired) electrons. The van der Waals surface area contributed by atoms with Crippen molar-refractivity contribution in [3.63, 3.8) is 0 Å². The lowest BCUT2D eigenvalue weighted by Gasteiger charge is -2.12. The fourth-order valence-corrected chi connectivity index (χ4v) is 2.56. The second-order valence-corrected chi connectivity index (χ2v) is 5.42. The van der Waals surface area contributed by atoms with E-state index in [1.165, 1.54) is 0 Å². The van der Waals surface area contributed by atoms with Crippen LogP contribution in [-0.2, 0) is 31.4 Å². The molecule has 3 aromatic rings. The summed E-state index contributed by atoms with van der Waals surface area (Å²) in [7, 11) is 1.93. The molecule has 118 valence electrons. The van der Waals surface area contributed by atoms with Gasteiger partial charge in [-0.2, -0.15) is 5.10 Å². The normalized spacial score (nSPS) is 13.8. The summed E-state index contributed by atoms with van der Waals surface area (Å²) in [5, 5.41) is 16.2. The second-order valence-electron chi connectivity index (χ2n) is 5.42. The van der Waals surface area contributed by atoms with Gasteiger partial charge in [0.2, 0.25) is 5.95 Å². The maximum Gasteiger partial charge on any atom is 0.230 e. The van der Waals surface area contributed by atoms with Crippen molar-refractivity contribution in [2.45, 2.75) is 19.6 Å². The van der Waals surface area contributed by atoms with E-state index in [2.05, 4.69) is 25.6 Å². The molecule has 8 heteroatoms. The highest BCUT2D eigenvalue weighted by molar-refractivity contribution is 5.48. The van der Waals surface area contributed by atoms with Crippen LogP contribution in [0.1, 0.15) is 17.2 Å². The van der Waals surface area contributed by atoms with Crippen LogP contribution in [0.5, 0.6) is 0 Å². The maximum absolute atomic E-state index is 5.42. The number of fused-ring (bicyclic) bond motifs is 1. The average molecular weight is 311 g/mol. The van der Waals surface area contributed by atoms with Crippen LogP contribution in [0.2, 0.25) is 0 Å². The lowest BCUT2D eigenvalue weighted by atomic mass is 10.2. The van der Waals surface area contributed by atoms with Gasteiger partial charge in [-0.05, 0) is 12.1 Å². The zero-order valence-electron chi connectivity index (χ0n) is 12.8. The Bertz CT molecular complexity index is 785. The molecule has 0 aromatic carbocycles. The number of hydrogen-bond acceptors (Lipinski definition) is 6. The molecule has 1 N–H and O–H groups in total. The molecule has 1 aliphatic heterocycles. The molecule has 0 spiro atoms. The van der Waals surface area contributed by atoms with E-state index in [1.54, 1.807) is 6.20 Å². The molecule has 0 saturated heterocycles. The van der Waals surface area contributed by atoms with Gasteiger partial charge in [-0.1, -0.05) is 6.07 Å². The van der Waals surface area contributed by atoms with Crippen molar-refractivity contribution in [1.82, 2.24) is 29.5 Å². The van der Waals surface area contributed by atoms with Crippen LogP contribution in [-0.4, -0.2) is 36.1 Å². The van der Waals surface area contributed by atoms with Gasteiger partial charge in [0.1, 0.15) is 5.82 Å². The number of nitrogens with zero attached hydrogens (tertiary/aromatic N) is 6. The molecule has 0 aliphatic carbocycles. The first-order chi connectivity index (χ1) is 11.3. The fraction of sp³-hybridized carbons (Fsp3) is 0.333. The highest BCUT2D eigenvalue weighted by Crippen LogP contribution is 2.18. The van der Waals surface area contributed by atoms with Gasteiger partial charge in [0.15, 0.2) is 5.82 Å². The van der Waals surface area contributed by atoms with Crippen molar-refractivity contribution in [1.29, 1.82) is 0 Å². The van der Waals surface area contributed by atoms with Gasteiger partial charge < -0.3 is 10.1 Å². The molecule has 8 nitrogen and oxygen atoms in total. The molecular weight excluding hydrogens is 294 g/mol. The Morgan fingerprint density at radius 1 is 1.30 bits per heavy atom. The first-order valence-corrected chi connectivity index (χ1v) is 7.49. The quantitative estimate of drug-likeness (QED) is 0.781. The van der Waals surface area contributed by atoms with E-state index in [0.717, 1.165) is 29.6 Å². The van der Waals surface area contributed by atoms with Crippen LogP contribution in [0.15, 0.2) is 30.5 Å². The minimum atomic E-state index is 0.596. The summed E-state index contributed by atoms with van der Waals surface area (Å²) in [6.07, 6.45) is 2.42. The summed E-state index contributed by atoms with van der Waals surface area (Å²) >= 11 is 0. The van der Waals surface area contributed by atoms with Crippen LogP contribution < -0.4 is 5.32 Å². The highest BCUT2D eigenvalue weighted by atomic mass is 16.5. The topological polar surface area (TPSA) is 82.7 Å². The van der Waals surface area contributed by atoms with Crippen molar-refractivity contribution in [3.05, 3.63) is 47.7 Å². The van der Waals surface area contributed by atoms with Gasteiger partial charge in [0, 0.05) is 25.0 Å². The van der Waals surface area contributed by atoms with Gasteiger partial charge >= 0.3 is 0 Å². The fourth-order valence-electron chi connectivity index (χ4n) is 2.56. The third kappa shape index (κ3) is 2.80. The van der Waals surface area contributed by atoms with Crippen LogP contribution >= 0.6 is 0 Å². The third-order valence-electron chi connectivity index (χ3n) is 3.83. The van der Waals surface area contributed by atoms with Gasteiger partial charge in [-0.25, -0.2) is 0 Å². The van der Waals surface area contributed by atoms with E-state index < -0.39 is 0 Å². The monoisotopic (exact) mass is 311 g/mol. The Morgan fingerprint density at radius 2 is 2.26 bits per heavy atom. The van der Waals surface area contributed by atoms with Crippen LogP contribution in [0.4, 0.5) is 11.8 Å². The Kier molecular flexibility index (Phi) is 3.51. The molecule has 4 rings (SSSR count). The number of rotatable bonds is 4. The van der Waals surface area contributed by atoms with Gasteiger partial charge in [0.05, 0.1) is 31.9 Å². The Hall–Kier alpha value is -2.74. The SMILES string of the molecule is Cn1c(Cc2ccccn2)nnc1Nc1cc2n(n1)CCOC2. The largest absolute Gasteiger partial charge is 0.373 e. The Morgan fingerprint density at radius 3 is 3.09 bits per heavy atom. The molecule has 0 amide bonds. The lowest BCUT2D eigenvalue weighted by molar-refractivity contribution is 0.0801. The Labute approximate surface area is 133 Å². The van der Waals surface area contributed by atoms with E-state index in [1.807, 2.05) is 40.6 Å². The summed E-state index contributed by atoms with van der Waals surface area (Å²) in [5.41, 5.74) is 2.03. The van der Waals surface area contributed by atoms with E-state index >= 15 is 0 Å². The van der Waals surface area contributed by atoms with Crippen molar-refractivity contribution >= 4 is 11.8 Å². The number of anilines is 2. The summed E-state index contributed by atoms with van der Waals surface area (Å²) in [6, 6.07) is 7.82. The molecule has 4 heterocycles. The first kappa shape index (κ1) is 13.9. The minimum absolute atomic E-state index is 0.596. The summed E-state index contributed by atoms with van der Waals surface area (Å²) in [5.74, 6) is 2.26. The standard InChI is InChI=1S/C15H17N7O/c1-21-14(8-11-4-2-3-5-16-11)18-19-15(21)17-13-9-12-10-23-7-6-22(12)20-13/h2-5,9H,6-8,10H2,1H3,(H,17,19,20). The highest BCUT2D eigenvalue weighted by Gasteiger charge is 2.15. The van der Waals surface area contributed by atoms with Gasteiger partial charge in [-0.3, -0.25) is 14.2 Å². The first-order valence-electron chi connectivity index (χ1n) is 7.49. The van der Waals surface area contributed by atoms with Crippen LogP contribution in [0, 0.1) is 0 Å². The number of hydrogen-bond donors (Lipinski definition) is 1. The second kappa shape index (κ2) is 5.81. The van der Waals surface area contributed by atoms with E-state index in [0.29, 0.717) is 25.6 Å². The molecule has 0 unspecified atom stereocenters. The molecule has 3 aromatic heterocycles. The predicted octanol–water partition coefficient (Wildman–Crippen LogP) is 1.27. The lowest BCUT2D eigenvalue weighted by Crippen LogP contribution is -2.16. The summed E-state index contributed by atoms with van der Waals surface area (Å²) < 4.78 is 9.30. The summed E-state index contributed by atoms with van der Waals surface area (Å²) in [6.45, 7) is 2.07. The zero-order valence-corrected chi connectivity index (χ0v) is 12.8. The Balaban J connectivity index is 1.52. The van der Waals surface area contributed by atoms with Gasteiger partial charge in [-0.15, -0.1) is 10.2 Å². The predicted molar refractivity (Wildman–Crippen MR) is 83.2 cm³/mol. The number of nitrogens with one attached hydrogen (secondary N) is 1. The van der Waals surface area contributed by atoms with Crippen molar-refractivity contribution in [3.8, 4) is 0 Å². The van der Waals surface area contributed by atoms with Crippen molar-refractivity contribution < 1.29 is 4.74 Å². The van der Waals surface area contributed by atoms with E-state index in [-0.39, 0.29) is 0 Å². The third-order valence-corrected chi connectivity index (χ3v) is 3.83. The molecular formula is C15H17N7O. The van der Waals surface area contributed by atoms with Crippen LogP contribution in [0.25, 0.3) is 0 Å². The van der Waals surface area contributed by atoms with E-state index in [4.69, 9.17) is 4.74 Å². The molecule has 0 fully saturated rings. The minimum Gasteiger partial charge on any atom is -0.373 e. The van der Waals surface area contributed by atoms with Crippen molar-refractivity contribution in [2.24, 2.45) is 7.05 Å². The molecule has 23 heavy (non-hydrogen) atoms. The number of aromatic nitrogens is 6. The molecule has 0 bridgehead atoms. The molecule has 0 saturated carbocycles. The number of pyridine rings is 1.